The van der Waals surface area contributed by atoms with Gasteiger partial charge in [0, 0.05) is 22.1 Å². The Morgan fingerprint density at radius 1 is 1.41 bits per heavy atom. The van der Waals surface area contributed by atoms with E-state index >= 15 is 0 Å². The fraction of sp³-hybridized carbons (Fsp3) is 0.167. The lowest BCUT2D eigenvalue weighted by Crippen LogP contribution is -2.34. The summed E-state index contributed by atoms with van der Waals surface area (Å²) in [6, 6.07) is 7.31. The molecular formula is C18H16ClN3O4S3. The first-order valence-corrected chi connectivity index (χ1v) is 11.1. The normalized spacial score (nSPS) is 14.4. The lowest BCUT2D eigenvalue weighted by molar-refractivity contribution is 0.00976. The smallest absolute Gasteiger partial charge is 0.412 e. The van der Waals surface area contributed by atoms with Gasteiger partial charge in [-0.3, -0.25) is 5.41 Å². The zero-order valence-electron chi connectivity index (χ0n) is 15.0. The van der Waals surface area contributed by atoms with Crippen LogP contribution in [0.25, 0.3) is 21.8 Å². The van der Waals surface area contributed by atoms with Crippen LogP contribution in [0.15, 0.2) is 39.2 Å². The molecule has 29 heavy (non-hydrogen) atoms. The van der Waals surface area contributed by atoms with Crippen LogP contribution < -0.4 is 10.1 Å². The third-order valence-corrected chi connectivity index (χ3v) is 6.98. The van der Waals surface area contributed by atoms with E-state index in [4.69, 9.17) is 25.0 Å². The third-order valence-electron chi connectivity index (χ3n) is 4.02. The van der Waals surface area contributed by atoms with Gasteiger partial charge in [-0.1, -0.05) is 0 Å². The van der Waals surface area contributed by atoms with Gasteiger partial charge in [-0.2, -0.15) is 0 Å². The first kappa shape index (κ1) is 21.4. The number of thiophene rings is 1. The summed E-state index contributed by atoms with van der Waals surface area (Å²) in [6.07, 6.45) is 0.405. The van der Waals surface area contributed by atoms with Crippen LogP contribution in [0.5, 0.6) is 5.75 Å². The molecule has 0 saturated carbocycles. The average Bonchev–Trinajstić information content (AvgIpc) is 3.38. The van der Waals surface area contributed by atoms with Gasteiger partial charge < -0.3 is 14.6 Å². The van der Waals surface area contributed by atoms with Gasteiger partial charge in [0.15, 0.2) is 0 Å². The number of hydrogen-bond acceptors (Lipinski definition) is 8. The van der Waals surface area contributed by atoms with E-state index < -0.39 is 18.4 Å². The zero-order chi connectivity index (χ0) is 19.7. The maximum atomic E-state index is 10.6. The van der Waals surface area contributed by atoms with Crippen LogP contribution in [0.4, 0.5) is 4.79 Å². The average molecular weight is 470 g/mol. The van der Waals surface area contributed by atoms with Crippen molar-refractivity contribution in [3.63, 3.8) is 0 Å². The van der Waals surface area contributed by atoms with Crippen molar-refractivity contribution in [2.75, 3.05) is 6.26 Å². The fourth-order valence-electron chi connectivity index (χ4n) is 2.84. The van der Waals surface area contributed by atoms with Crippen molar-refractivity contribution in [2.24, 2.45) is 0 Å². The Labute approximate surface area is 185 Å². The van der Waals surface area contributed by atoms with Gasteiger partial charge in [0.05, 0.1) is 16.3 Å². The molecule has 152 valence electrons. The second-order valence-corrected chi connectivity index (χ2v) is 8.66. The molecule has 0 fully saturated rings. The SMILES string of the molecule is CSc1sccc1-c1nc(-c2ccc3c(c2)CC(OC(=N)NC(=O)O)O3)cs1.Cl. The Bertz CT molecular complexity index is 1050. The van der Waals surface area contributed by atoms with E-state index in [0.29, 0.717) is 12.2 Å². The Balaban J connectivity index is 0.00000240. The summed E-state index contributed by atoms with van der Waals surface area (Å²) in [5.74, 6) is 0.662. The highest BCUT2D eigenvalue weighted by Crippen LogP contribution is 2.39. The molecule has 3 heterocycles. The van der Waals surface area contributed by atoms with Gasteiger partial charge >= 0.3 is 6.09 Å². The van der Waals surface area contributed by atoms with Crippen LogP contribution >= 0.6 is 46.8 Å². The number of nitrogens with zero attached hydrogens (tertiary/aromatic N) is 1. The molecule has 0 bridgehead atoms. The van der Waals surface area contributed by atoms with Gasteiger partial charge in [0.25, 0.3) is 6.02 Å². The fourth-order valence-corrected chi connectivity index (χ4v) is 5.39. The highest BCUT2D eigenvalue weighted by atomic mass is 35.5. The summed E-state index contributed by atoms with van der Waals surface area (Å²) in [4.78, 5) is 15.3. The molecule has 7 nitrogen and oxygen atoms in total. The van der Waals surface area contributed by atoms with Crippen LogP contribution in [-0.2, 0) is 11.2 Å². The molecule has 11 heteroatoms. The van der Waals surface area contributed by atoms with Crippen LogP contribution in [0, 0.1) is 5.41 Å². The van der Waals surface area contributed by atoms with Crippen molar-refractivity contribution in [2.45, 2.75) is 16.9 Å². The van der Waals surface area contributed by atoms with E-state index in [1.165, 1.54) is 4.21 Å². The highest BCUT2D eigenvalue weighted by Gasteiger charge is 2.26. The number of ether oxygens (including phenoxy) is 2. The van der Waals surface area contributed by atoms with Gasteiger partial charge in [0.1, 0.15) is 10.8 Å². The predicted octanol–water partition coefficient (Wildman–Crippen LogP) is 5.16. The first-order chi connectivity index (χ1) is 13.5. The summed E-state index contributed by atoms with van der Waals surface area (Å²) < 4.78 is 12.1. The molecular weight excluding hydrogens is 454 g/mol. The van der Waals surface area contributed by atoms with Crippen molar-refractivity contribution in [1.29, 1.82) is 5.41 Å². The molecule has 1 unspecified atom stereocenters. The van der Waals surface area contributed by atoms with E-state index in [0.717, 1.165) is 27.4 Å². The van der Waals surface area contributed by atoms with E-state index in [1.54, 1.807) is 34.4 Å². The number of hydrogen-bond donors (Lipinski definition) is 3. The van der Waals surface area contributed by atoms with E-state index in [1.807, 2.05) is 28.9 Å². The predicted molar refractivity (Wildman–Crippen MR) is 118 cm³/mol. The Kier molecular flexibility index (Phi) is 6.68. The largest absolute Gasteiger partial charge is 0.465 e. The Morgan fingerprint density at radius 2 is 2.24 bits per heavy atom. The molecule has 4 rings (SSSR count). The number of rotatable bonds is 4. The van der Waals surface area contributed by atoms with Crippen LogP contribution in [0.3, 0.4) is 0 Å². The summed E-state index contributed by atoms with van der Waals surface area (Å²) in [5, 5.41) is 23.0. The summed E-state index contributed by atoms with van der Waals surface area (Å²) in [7, 11) is 0. The monoisotopic (exact) mass is 469 g/mol. The quantitative estimate of drug-likeness (QED) is 0.277. The van der Waals surface area contributed by atoms with Gasteiger partial charge in [-0.05, 0) is 35.9 Å². The molecule has 1 aliphatic heterocycles. The second kappa shape index (κ2) is 9.04. The lowest BCUT2D eigenvalue weighted by Gasteiger charge is -2.12. The molecule has 1 amide bonds. The molecule has 1 atom stereocenters. The highest BCUT2D eigenvalue weighted by molar-refractivity contribution is 8.00. The number of aromatic nitrogens is 1. The summed E-state index contributed by atoms with van der Waals surface area (Å²) in [5.41, 5.74) is 3.97. The van der Waals surface area contributed by atoms with Crippen LogP contribution in [-0.4, -0.2) is 34.8 Å². The molecule has 1 aliphatic rings. The van der Waals surface area contributed by atoms with E-state index in [9.17, 15) is 4.79 Å². The van der Waals surface area contributed by atoms with Gasteiger partial charge in [0.2, 0.25) is 6.29 Å². The molecule has 0 radical (unpaired) electrons. The van der Waals surface area contributed by atoms with E-state index in [-0.39, 0.29) is 12.4 Å². The molecule has 1 aromatic carbocycles. The topological polar surface area (TPSA) is 105 Å². The number of carboxylic acid groups (broad SMARTS) is 1. The number of amides is 1. The lowest BCUT2D eigenvalue weighted by atomic mass is 10.1. The maximum Gasteiger partial charge on any atom is 0.412 e. The summed E-state index contributed by atoms with van der Waals surface area (Å²) >= 11 is 5.05. The molecule has 3 N–H and O–H groups in total. The molecule has 2 aromatic heterocycles. The summed E-state index contributed by atoms with van der Waals surface area (Å²) in [6.45, 7) is 0. The Hall–Kier alpha value is -2.27. The maximum absolute atomic E-state index is 10.6. The Morgan fingerprint density at radius 3 is 3.00 bits per heavy atom. The van der Waals surface area contributed by atoms with Gasteiger partial charge in [-0.25, -0.2) is 15.1 Å². The standard InChI is InChI=1S/C18H15N3O4S3.ClH/c1-26-16-11(4-5-27-16)15-20-12(8-28-15)9-2-3-13-10(6-9)7-14(24-13)25-17(19)21-18(22)23;/h2-6,8,14H,7H2,1H3,(H2,19,21)(H,22,23);1H. The van der Waals surface area contributed by atoms with Crippen molar-refractivity contribution in [3.8, 4) is 27.6 Å². The minimum absolute atomic E-state index is 0. The van der Waals surface area contributed by atoms with Gasteiger partial charge in [-0.15, -0.1) is 46.8 Å². The van der Waals surface area contributed by atoms with Crippen molar-refractivity contribution in [1.82, 2.24) is 10.3 Å². The van der Waals surface area contributed by atoms with Crippen molar-refractivity contribution in [3.05, 3.63) is 40.6 Å². The third kappa shape index (κ3) is 4.67. The number of carbonyl (C=O) groups is 1. The van der Waals surface area contributed by atoms with Crippen molar-refractivity contribution >= 4 is 59.0 Å². The second-order valence-electron chi connectivity index (χ2n) is 5.81. The van der Waals surface area contributed by atoms with Crippen molar-refractivity contribution < 1.29 is 19.4 Å². The number of thiazole rings is 1. The number of amidine groups is 1. The number of fused-ring (bicyclic) bond motifs is 1. The first-order valence-electron chi connectivity index (χ1n) is 8.16. The molecule has 0 saturated heterocycles. The molecule has 3 aromatic rings. The number of nitrogens with one attached hydrogen (secondary N) is 2. The van der Waals surface area contributed by atoms with E-state index in [2.05, 4.69) is 17.7 Å². The zero-order valence-corrected chi connectivity index (χ0v) is 18.3. The molecule has 0 aliphatic carbocycles. The number of benzene rings is 1. The number of halogens is 1. The minimum atomic E-state index is -1.35. The molecule has 0 spiro atoms. The van der Waals surface area contributed by atoms with Crippen LogP contribution in [0.2, 0.25) is 0 Å². The number of thioether (sulfide) groups is 1. The minimum Gasteiger partial charge on any atom is -0.465 e. The van der Waals surface area contributed by atoms with Crippen LogP contribution in [0.1, 0.15) is 5.56 Å².